The second-order valence-corrected chi connectivity index (χ2v) is 7.88. The molecule has 0 aromatic carbocycles. The number of carbonyl (C=O) groups excluding carboxylic acids is 2. The maximum absolute atomic E-state index is 12.4. The van der Waals surface area contributed by atoms with Gasteiger partial charge in [0.15, 0.2) is 12.5 Å². The lowest BCUT2D eigenvalue weighted by Gasteiger charge is -2.14. The summed E-state index contributed by atoms with van der Waals surface area (Å²) in [6, 6.07) is 1.11. The van der Waals surface area contributed by atoms with Crippen LogP contribution in [0.2, 0.25) is 0 Å². The summed E-state index contributed by atoms with van der Waals surface area (Å²) in [4.78, 5) is 39.9. The van der Waals surface area contributed by atoms with Crippen LogP contribution in [0.1, 0.15) is 71.4 Å². The quantitative estimate of drug-likeness (QED) is 0.358. The Balaban J connectivity index is 1.71. The molecule has 3 N–H and O–H groups in total. The van der Waals surface area contributed by atoms with Crippen LogP contribution in [0.3, 0.4) is 0 Å². The fraction of sp³-hybridized carbons (Fsp3) is 0.727. The molecule has 0 unspecified atom stereocenters. The number of alkyl carbamates (subject to hydrolysis) is 1. The lowest BCUT2D eigenvalue weighted by atomic mass is 10.2. The summed E-state index contributed by atoms with van der Waals surface area (Å²) in [6.45, 7) is 5.40. The normalized spacial score (nSPS) is 17.5. The van der Waals surface area contributed by atoms with Gasteiger partial charge in [-0.05, 0) is 18.9 Å². The number of unbranched alkanes of at least 4 members (excludes halogenated alkanes) is 6. The van der Waals surface area contributed by atoms with Crippen LogP contribution in [0, 0.1) is 0 Å². The summed E-state index contributed by atoms with van der Waals surface area (Å²) in [5.41, 5.74) is -0.587. The van der Waals surface area contributed by atoms with Crippen LogP contribution in [0.5, 0.6) is 0 Å². The number of rotatable bonds is 14. The lowest BCUT2D eigenvalue weighted by molar-refractivity contribution is -0.101. The summed E-state index contributed by atoms with van der Waals surface area (Å²) in [5.74, 6) is 0.150. The maximum Gasteiger partial charge on any atom is 0.407 e. The summed E-state index contributed by atoms with van der Waals surface area (Å²) in [7, 11) is 0. The molecule has 1 saturated heterocycles. The Morgan fingerprint density at radius 3 is 2.45 bits per heavy atom. The van der Waals surface area contributed by atoms with Crippen molar-refractivity contribution in [3.8, 4) is 0 Å². The number of aromatic nitrogens is 2. The smallest absolute Gasteiger partial charge is 0.407 e. The van der Waals surface area contributed by atoms with E-state index in [1.807, 2.05) is 0 Å². The Kier molecular flexibility index (Phi) is 12.3. The third-order valence-corrected chi connectivity index (χ3v) is 5.08. The number of hydrogen-bond acceptors (Lipinski definition) is 7. The van der Waals surface area contributed by atoms with E-state index in [0.717, 1.165) is 51.4 Å². The Labute approximate surface area is 194 Å². The van der Waals surface area contributed by atoms with E-state index in [1.165, 1.54) is 16.8 Å². The van der Waals surface area contributed by atoms with Crippen molar-refractivity contribution < 1.29 is 23.8 Å². The molecular weight excluding hydrogens is 430 g/mol. The minimum Gasteiger partial charge on any atom is -0.444 e. The molecule has 186 valence electrons. The standard InChI is InChI=1S/C22H37N5O6/c1-3-5-7-9-12-23-20(28)25-17-11-14-27(21(29)26-17)18-15-31-19(33-18)16-32-22(30)24-13-10-8-6-4-2/h11,14,18-19H,3-10,12-13,15-16H2,1-2H3,(H,24,30)(H2,23,25,26,28,29)/t18-,19-/m0/s1. The Morgan fingerprint density at radius 2 is 1.79 bits per heavy atom. The first-order valence-electron chi connectivity index (χ1n) is 11.8. The van der Waals surface area contributed by atoms with Gasteiger partial charge >= 0.3 is 17.8 Å². The van der Waals surface area contributed by atoms with Gasteiger partial charge in [0.2, 0.25) is 0 Å². The highest BCUT2D eigenvalue weighted by molar-refractivity contribution is 5.87. The van der Waals surface area contributed by atoms with E-state index in [0.29, 0.717) is 13.1 Å². The van der Waals surface area contributed by atoms with Crippen molar-refractivity contribution >= 4 is 17.9 Å². The SMILES string of the molecule is CCCCCCNC(=O)Nc1ccn([C@@H]2CO[C@H](COC(=O)NCCCCCC)O2)c(=O)n1. The van der Waals surface area contributed by atoms with Gasteiger partial charge in [-0.3, -0.25) is 9.88 Å². The first-order valence-corrected chi connectivity index (χ1v) is 11.8. The van der Waals surface area contributed by atoms with E-state index in [9.17, 15) is 14.4 Å². The molecule has 33 heavy (non-hydrogen) atoms. The van der Waals surface area contributed by atoms with Crippen molar-refractivity contribution in [2.75, 3.05) is 31.6 Å². The topological polar surface area (TPSA) is 133 Å². The Hall–Kier alpha value is -2.66. The minimum absolute atomic E-state index is 0.0858. The van der Waals surface area contributed by atoms with Gasteiger partial charge in [0.05, 0.1) is 6.61 Å². The number of anilines is 1. The molecule has 0 radical (unpaired) electrons. The van der Waals surface area contributed by atoms with E-state index in [2.05, 4.69) is 34.8 Å². The average molecular weight is 468 g/mol. The van der Waals surface area contributed by atoms with Gasteiger partial charge in [0, 0.05) is 19.3 Å². The molecule has 11 nitrogen and oxygen atoms in total. The summed E-state index contributed by atoms with van der Waals surface area (Å²) >= 11 is 0. The average Bonchev–Trinajstić information content (AvgIpc) is 3.26. The Morgan fingerprint density at radius 1 is 1.09 bits per heavy atom. The first-order chi connectivity index (χ1) is 16.0. The molecule has 2 rings (SSSR count). The molecule has 1 aromatic heterocycles. The monoisotopic (exact) mass is 467 g/mol. The molecule has 2 heterocycles. The zero-order chi connectivity index (χ0) is 23.9. The lowest BCUT2D eigenvalue weighted by Crippen LogP contribution is -2.33. The zero-order valence-corrected chi connectivity index (χ0v) is 19.6. The molecule has 1 aliphatic heterocycles. The molecule has 0 spiro atoms. The van der Waals surface area contributed by atoms with Crippen LogP contribution in [-0.2, 0) is 14.2 Å². The van der Waals surface area contributed by atoms with Crippen LogP contribution in [-0.4, -0.2) is 54.3 Å². The number of ether oxygens (including phenoxy) is 3. The zero-order valence-electron chi connectivity index (χ0n) is 19.6. The van der Waals surface area contributed by atoms with E-state index in [1.54, 1.807) is 0 Å². The summed E-state index contributed by atoms with van der Waals surface area (Å²) in [5, 5.41) is 7.97. The van der Waals surface area contributed by atoms with Crippen LogP contribution < -0.4 is 21.6 Å². The largest absolute Gasteiger partial charge is 0.444 e. The number of carbonyl (C=O) groups is 2. The highest BCUT2D eigenvalue weighted by Crippen LogP contribution is 2.20. The third kappa shape index (κ3) is 10.2. The Bertz CT molecular complexity index is 787. The molecule has 11 heteroatoms. The molecule has 1 aliphatic rings. The van der Waals surface area contributed by atoms with Crippen molar-refractivity contribution in [2.45, 2.75) is 77.7 Å². The number of urea groups is 1. The summed E-state index contributed by atoms with van der Waals surface area (Å²) < 4.78 is 17.5. The van der Waals surface area contributed by atoms with Crippen LogP contribution >= 0.6 is 0 Å². The fourth-order valence-electron chi connectivity index (χ4n) is 3.23. The predicted octanol–water partition coefficient (Wildman–Crippen LogP) is 3.12. The van der Waals surface area contributed by atoms with Gasteiger partial charge in [-0.25, -0.2) is 14.4 Å². The van der Waals surface area contributed by atoms with Gasteiger partial charge in [0.1, 0.15) is 12.4 Å². The van der Waals surface area contributed by atoms with Crippen molar-refractivity contribution in [1.82, 2.24) is 20.2 Å². The third-order valence-electron chi connectivity index (χ3n) is 5.08. The van der Waals surface area contributed by atoms with Gasteiger partial charge in [-0.15, -0.1) is 0 Å². The molecule has 1 fully saturated rings. The number of nitrogens with zero attached hydrogens (tertiary/aromatic N) is 2. The van der Waals surface area contributed by atoms with E-state index in [4.69, 9.17) is 14.2 Å². The predicted molar refractivity (Wildman–Crippen MR) is 123 cm³/mol. The number of hydrogen-bond donors (Lipinski definition) is 3. The van der Waals surface area contributed by atoms with E-state index >= 15 is 0 Å². The number of nitrogens with one attached hydrogen (secondary N) is 3. The highest BCUT2D eigenvalue weighted by Gasteiger charge is 2.29. The second kappa shape index (κ2) is 15.2. The molecule has 1 aromatic rings. The van der Waals surface area contributed by atoms with Crippen molar-refractivity contribution in [3.05, 3.63) is 22.7 Å². The van der Waals surface area contributed by atoms with E-state index in [-0.39, 0.29) is 19.0 Å². The van der Waals surface area contributed by atoms with Crippen molar-refractivity contribution in [2.24, 2.45) is 0 Å². The van der Waals surface area contributed by atoms with Crippen LogP contribution in [0.25, 0.3) is 0 Å². The fourth-order valence-corrected chi connectivity index (χ4v) is 3.23. The molecule has 3 amide bonds. The molecule has 0 aliphatic carbocycles. The summed E-state index contributed by atoms with van der Waals surface area (Å²) in [6.07, 6.45) is 7.95. The van der Waals surface area contributed by atoms with Crippen LogP contribution in [0.4, 0.5) is 15.4 Å². The molecule has 2 atom stereocenters. The van der Waals surface area contributed by atoms with Gasteiger partial charge in [0.25, 0.3) is 0 Å². The minimum atomic E-state index is -0.774. The maximum atomic E-state index is 12.4. The second-order valence-electron chi connectivity index (χ2n) is 7.88. The first kappa shape index (κ1) is 26.6. The number of amides is 3. The molecule has 0 bridgehead atoms. The van der Waals surface area contributed by atoms with Gasteiger partial charge in [-0.1, -0.05) is 52.4 Å². The van der Waals surface area contributed by atoms with Gasteiger partial charge < -0.3 is 24.8 Å². The van der Waals surface area contributed by atoms with Crippen LogP contribution in [0.15, 0.2) is 17.1 Å². The van der Waals surface area contributed by atoms with E-state index < -0.39 is 30.3 Å². The highest BCUT2D eigenvalue weighted by atomic mass is 16.7. The molecule has 0 saturated carbocycles. The van der Waals surface area contributed by atoms with Crippen molar-refractivity contribution in [3.63, 3.8) is 0 Å². The van der Waals surface area contributed by atoms with Crippen molar-refractivity contribution in [1.29, 1.82) is 0 Å². The van der Waals surface area contributed by atoms with Gasteiger partial charge in [-0.2, -0.15) is 4.98 Å². The molecular formula is C22H37N5O6.